The predicted octanol–water partition coefficient (Wildman–Crippen LogP) is 5.04. The first kappa shape index (κ1) is 19.4. The fraction of sp³-hybridized carbons (Fsp3) is 0.250. The summed E-state index contributed by atoms with van der Waals surface area (Å²) in [5.74, 6) is -0.234. The molecular formula is C20H21N3O2S2. The number of aromatic nitrogens is 2. The van der Waals surface area contributed by atoms with Crippen LogP contribution in [0.4, 0.5) is 5.69 Å². The van der Waals surface area contributed by atoms with Crippen molar-refractivity contribution in [2.45, 2.75) is 37.3 Å². The fourth-order valence-corrected chi connectivity index (χ4v) is 3.90. The van der Waals surface area contributed by atoms with Crippen LogP contribution in [-0.2, 0) is 0 Å². The number of aromatic amines is 2. The lowest BCUT2D eigenvalue weighted by molar-refractivity contribution is 0.102. The number of carbonyl (C=O) groups is 1. The van der Waals surface area contributed by atoms with Crippen molar-refractivity contribution >= 4 is 46.5 Å². The second-order valence-corrected chi connectivity index (χ2v) is 8.36. The Kier molecular flexibility index (Phi) is 5.82. The van der Waals surface area contributed by atoms with E-state index in [0.29, 0.717) is 21.7 Å². The lowest BCUT2D eigenvalue weighted by atomic mass is 10.1. The van der Waals surface area contributed by atoms with Crippen LogP contribution in [0.15, 0.2) is 46.1 Å². The van der Waals surface area contributed by atoms with E-state index in [-0.39, 0.29) is 16.2 Å². The molecule has 5 nitrogen and oxygen atoms in total. The van der Waals surface area contributed by atoms with E-state index in [1.807, 2.05) is 30.8 Å². The highest BCUT2D eigenvalue weighted by Gasteiger charge is 2.11. The van der Waals surface area contributed by atoms with E-state index >= 15 is 0 Å². The Morgan fingerprint density at radius 1 is 1.22 bits per heavy atom. The van der Waals surface area contributed by atoms with E-state index in [9.17, 15) is 9.59 Å². The third-order valence-electron chi connectivity index (χ3n) is 4.36. The lowest BCUT2D eigenvalue weighted by Gasteiger charge is -2.12. The molecule has 0 saturated carbocycles. The molecule has 3 aromatic rings. The summed E-state index contributed by atoms with van der Waals surface area (Å²) in [6, 6.07) is 10.9. The number of aryl methyl sites for hydroxylation is 1. The first-order valence-corrected chi connectivity index (χ1v) is 10.0. The number of amides is 1. The average molecular weight is 400 g/mol. The predicted molar refractivity (Wildman–Crippen MR) is 114 cm³/mol. The molecule has 1 atom stereocenters. The number of carbonyl (C=O) groups excluding carboxylic acids is 1. The smallest absolute Gasteiger partial charge is 0.259 e. The Morgan fingerprint density at radius 3 is 2.70 bits per heavy atom. The van der Waals surface area contributed by atoms with Crippen LogP contribution in [-0.4, -0.2) is 21.1 Å². The topological polar surface area (TPSA) is 77.8 Å². The van der Waals surface area contributed by atoms with Crippen molar-refractivity contribution in [1.29, 1.82) is 0 Å². The summed E-state index contributed by atoms with van der Waals surface area (Å²) in [5.41, 5.74) is 2.50. The van der Waals surface area contributed by atoms with Gasteiger partial charge < -0.3 is 10.3 Å². The van der Waals surface area contributed by atoms with E-state index in [4.69, 9.17) is 12.2 Å². The van der Waals surface area contributed by atoms with Gasteiger partial charge in [-0.15, -0.1) is 11.8 Å². The van der Waals surface area contributed by atoms with Gasteiger partial charge in [0.1, 0.15) is 0 Å². The third-order valence-corrected chi connectivity index (χ3v) is 5.83. The van der Waals surface area contributed by atoms with Crippen molar-refractivity contribution in [2.24, 2.45) is 0 Å². The van der Waals surface area contributed by atoms with Crippen LogP contribution in [0.1, 0.15) is 36.2 Å². The summed E-state index contributed by atoms with van der Waals surface area (Å²) in [6.07, 6.45) is 1.11. The molecule has 7 heteroatoms. The minimum atomic E-state index is -0.272. The van der Waals surface area contributed by atoms with Gasteiger partial charge >= 0.3 is 0 Å². The molecule has 1 heterocycles. The van der Waals surface area contributed by atoms with Gasteiger partial charge in [0.05, 0.1) is 10.9 Å². The van der Waals surface area contributed by atoms with Crippen LogP contribution < -0.4 is 10.9 Å². The van der Waals surface area contributed by atoms with E-state index in [0.717, 1.165) is 17.7 Å². The second kappa shape index (κ2) is 8.10. The Labute approximate surface area is 166 Å². The van der Waals surface area contributed by atoms with Gasteiger partial charge in [-0.2, -0.15) is 0 Å². The highest BCUT2D eigenvalue weighted by atomic mass is 32.2. The summed E-state index contributed by atoms with van der Waals surface area (Å²) < 4.78 is 0.232. The molecule has 0 bridgehead atoms. The first-order chi connectivity index (χ1) is 12.9. The zero-order chi connectivity index (χ0) is 19.6. The molecular weight excluding hydrogens is 378 g/mol. The molecule has 0 fully saturated rings. The highest BCUT2D eigenvalue weighted by Crippen LogP contribution is 2.28. The molecule has 27 heavy (non-hydrogen) atoms. The minimum absolute atomic E-state index is 0.232. The van der Waals surface area contributed by atoms with Crippen LogP contribution in [0, 0.1) is 11.7 Å². The van der Waals surface area contributed by atoms with Gasteiger partial charge in [-0.05, 0) is 67.5 Å². The summed E-state index contributed by atoms with van der Waals surface area (Å²) in [5, 5.41) is 3.95. The number of hydrogen-bond donors (Lipinski definition) is 3. The van der Waals surface area contributed by atoms with Gasteiger partial charge in [0, 0.05) is 21.4 Å². The summed E-state index contributed by atoms with van der Waals surface area (Å²) in [6.45, 7) is 6.35. The molecule has 3 rings (SSSR count). The number of H-pyrrole nitrogens is 2. The van der Waals surface area contributed by atoms with Crippen molar-refractivity contribution < 1.29 is 4.79 Å². The molecule has 0 aliphatic heterocycles. The van der Waals surface area contributed by atoms with Gasteiger partial charge in [-0.3, -0.25) is 14.6 Å². The maximum atomic E-state index is 12.6. The normalized spacial score (nSPS) is 12.1. The molecule has 0 aliphatic carbocycles. The zero-order valence-corrected chi connectivity index (χ0v) is 17.0. The maximum Gasteiger partial charge on any atom is 0.259 e. The van der Waals surface area contributed by atoms with Crippen molar-refractivity contribution in [2.75, 3.05) is 5.32 Å². The molecule has 3 N–H and O–H groups in total. The van der Waals surface area contributed by atoms with E-state index < -0.39 is 0 Å². The zero-order valence-electron chi connectivity index (χ0n) is 15.4. The number of thioether (sulfide) groups is 1. The molecule has 140 valence electrons. The largest absolute Gasteiger partial charge is 0.332 e. The van der Waals surface area contributed by atoms with Crippen molar-refractivity contribution in [3.63, 3.8) is 0 Å². The van der Waals surface area contributed by atoms with Gasteiger partial charge in [-0.1, -0.05) is 13.8 Å². The van der Waals surface area contributed by atoms with E-state index in [2.05, 4.69) is 35.2 Å². The van der Waals surface area contributed by atoms with Crippen LogP contribution in [0.2, 0.25) is 0 Å². The standard InChI is InChI=1S/C20H21N3O2S2/c1-4-12(3)27-14-6-8-16(11(2)9-14)21-18(24)13-5-7-15-17(10-13)22-20(26)23-19(15)25/h5-10,12H,4H2,1-3H3,(H,21,24)(H2,22,23,25,26). The molecule has 0 saturated heterocycles. The number of hydrogen-bond acceptors (Lipinski definition) is 4. The highest BCUT2D eigenvalue weighted by molar-refractivity contribution is 7.99. The molecule has 1 unspecified atom stereocenters. The van der Waals surface area contributed by atoms with Gasteiger partial charge in [0.2, 0.25) is 0 Å². The summed E-state index contributed by atoms with van der Waals surface area (Å²) in [4.78, 5) is 31.2. The van der Waals surface area contributed by atoms with Gasteiger partial charge in [-0.25, -0.2) is 0 Å². The Morgan fingerprint density at radius 2 is 2.00 bits per heavy atom. The second-order valence-electron chi connectivity index (χ2n) is 6.44. The monoisotopic (exact) mass is 399 g/mol. The quantitative estimate of drug-likeness (QED) is 0.415. The van der Waals surface area contributed by atoms with E-state index in [1.54, 1.807) is 18.2 Å². The number of benzene rings is 2. The molecule has 0 radical (unpaired) electrons. The SMILES string of the molecule is CCC(C)Sc1ccc(NC(=O)c2ccc3c(=O)[nH]c(=S)[nH]c3c2)c(C)c1. The summed E-state index contributed by atoms with van der Waals surface area (Å²) >= 11 is 6.82. The lowest BCUT2D eigenvalue weighted by Crippen LogP contribution is -2.14. The third kappa shape index (κ3) is 4.48. The first-order valence-electron chi connectivity index (χ1n) is 8.72. The van der Waals surface area contributed by atoms with Gasteiger partial charge in [0.15, 0.2) is 4.77 Å². The minimum Gasteiger partial charge on any atom is -0.332 e. The molecule has 1 amide bonds. The van der Waals surface area contributed by atoms with Crippen molar-refractivity contribution in [1.82, 2.24) is 9.97 Å². The molecule has 2 aromatic carbocycles. The Hall–Kier alpha value is -2.38. The van der Waals surface area contributed by atoms with Gasteiger partial charge in [0.25, 0.3) is 11.5 Å². The molecule has 1 aromatic heterocycles. The number of nitrogens with one attached hydrogen (secondary N) is 3. The Bertz CT molecular complexity index is 1120. The molecule has 0 spiro atoms. The maximum absolute atomic E-state index is 12.6. The number of fused-ring (bicyclic) bond motifs is 1. The summed E-state index contributed by atoms with van der Waals surface area (Å²) in [7, 11) is 0. The number of rotatable bonds is 5. The Balaban J connectivity index is 1.84. The van der Waals surface area contributed by atoms with Crippen LogP contribution in [0.3, 0.4) is 0 Å². The van der Waals surface area contributed by atoms with Crippen molar-refractivity contribution in [3.8, 4) is 0 Å². The van der Waals surface area contributed by atoms with Crippen LogP contribution in [0.25, 0.3) is 10.9 Å². The number of anilines is 1. The van der Waals surface area contributed by atoms with E-state index in [1.165, 1.54) is 4.90 Å². The fourth-order valence-electron chi connectivity index (χ4n) is 2.67. The average Bonchev–Trinajstić information content (AvgIpc) is 2.63. The van der Waals surface area contributed by atoms with Crippen LogP contribution in [0.5, 0.6) is 0 Å². The molecule has 0 aliphatic rings. The van der Waals surface area contributed by atoms with Crippen LogP contribution >= 0.6 is 24.0 Å². The van der Waals surface area contributed by atoms with Crippen molar-refractivity contribution in [3.05, 3.63) is 62.6 Å².